The number of nitriles is 1. The molecule has 0 amide bonds. The van der Waals surface area contributed by atoms with Gasteiger partial charge in [0.1, 0.15) is 0 Å². The molecular weight excluding hydrogens is 352 g/mol. The first kappa shape index (κ1) is 18.6. The number of halogens is 1. The van der Waals surface area contributed by atoms with E-state index in [2.05, 4.69) is 87.8 Å². The van der Waals surface area contributed by atoms with Gasteiger partial charge in [-0.3, -0.25) is 0 Å². The quantitative estimate of drug-likeness (QED) is 0.629. The van der Waals surface area contributed by atoms with Gasteiger partial charge in [0, 0.05) is 0 Å². The van der Waals surface area contributed by atoms with Crippen LogP contribution in [0.1, 0.15) is 0 Å². The average Bonchev–Trinajstić information content (AvgIpc) is 2.64. The number of rotatable bonds is 4. The van der Waals surface area contributed by atoms with Crippen molar-refractivity contribution in [2.75, 3.05) is 6.16 Å². The zero-order valence-corrected chi connectivity index (χ0v) is 16.1. The zero-order chi connectivity index (χ0) is 16.2. The fraction of sp³-hybridized carbons (Fsp3) is 0.0500. The van der Waals surface area contributed by atoms with E-state index in [0.717, 1.165) is 0 Å². The third-order valence-corrected chi connectivity index (χ3v) is 12.9. The van der Waals surface area contributed by atoms with Crippen LogP contribution >= 0.6 is 27.6 Å². The third-order valence-electron chi connectivity index (χ3n) is 4.44. The van der Waals surface area contributed by atoms with Crippen molar-refractivity contribution in [3.05, 3.63) is 91.0 Å². The van der Waals surface area contributed by atoms with E-state index in [-0.39, 0.29) is 12.4 Å². The van der Waals surface area contributed by atoms with Crippen molar-refractivity contribution in [2.24, 2.45) is 0 Å². The molecule has 0 N–H and O–H groups in total. The van der Waals surface area contributed by atoms with Crippen molar-refractivity contribution in [1.29, 1.82) is 5.26 Å². The van der Waals surface area contributed by atoms with E-state index in [1.807, 2.05) is 18.2 Å². The molecule has 0 radical (unpaired) electrons. The second-order valence-electron chi connectivity index (χ2n) is 5.70. The Bertz CT molecular complexity index is 730. The minimum atomic E-state index is -2.87. The summed E-state index contributed by atoms with van der Waals surface area (Å²) in [5, 5.41) is 13.4. The van der Waals surface area contributed by atoms with Crippen molar-refractivity contribution in [3.63, 3.8) is 0 Å². The molecule has 0 saturated heterocycles. The molecule has 0 heterocycles. The number of benzene rings is 3. The standard InChI is InChI=1S/C20H19NP2.ClH/c21-16-17-23(22,18-10-4-1-5-11-18,19-12-6-2-7-13-19)20-14-8-3-9-15-20;/h1-15H,17,22H2;1H. The molecule has 3 aromatic carbocycles. The third kappa shape index (κ3) is 2.87. The van der Waals surface area contributed by atoms with Gasteiger partial charge in [0.2, 0.25) is 0 Å². The Morgan fingerprint density at radius 2 is 0.958 bits per heavy atom. The first-order chi connectivity index (χ1) is 11.2. The topological polar surface area (TPSA) is 23.8 Å². The van der Waals surface area contributed by atoms with Crippen molar-refractivity contribution in [1.82, 2.24) is 0 Å². The number of hydrogen-bond acceptors (Lipinski definition) is 1. The van der Waals surface area contributed by atoms with E-state index >= 15 is 0 Å². The minimum absolute atomic E-state index is 0. The van der Waals surface area contributed by atoms with Gasteiger partial charge < -0.3 is 0 Å². The van der Waals surface area contributed by atoms with E-state index in [1.54, 1.807) is 0 Å². The van der Waals surface area contributed by atoms with Crippen LogP contribution in [0.5, 0.6) is 0 Å². The summed E-state index contributed by atoms with van der Waals surface area (Å²) in [6.07, 6.45) is -2.41. The second-order valence-corrected chi connectivity index (χ2v) is 13.7. The Balaban J connectivity index is 0.00000208. The van der Waals surface area contributed by atoms with E-state index in [4.69, 9.17) is 0 Å². The van der Waals surface area contributed by atoms with Gasteiger partial charge >= 0.3 is 140 Å². The first-order valence-corrected chi connectivity index (χ1v) is 11.6. The summed E-state index contributed by atoms with van der Waals surface area (Å²) >= 11 is 0. The maximum absolute atomic E-state index is 9.72. The van der Waals surface area contributed by atoms with Crippen LogP contribution in [0.15, 0.2) is 91.0 Å². The van der Waals surface area contributed by atoms with Crippen molar-refractivity contribution in [2.45, 2.75) is 0 Å². The molecule has 0 aliphatic heterocycles. The van der Waals surface area contributed by atoms with Crippen LogP contribution in [-0.2, 0) is 0 Å². The molecule has 0 bridgehead atoms. The Morgan fingerprint density at radius 1 is 0.667 bits per heavy atom. The molecular formula is C20H20ClNP2. The molecule has 3 rings (SSSR count). The molecule has 0 aliphatic carbocycles. The van der Waals surface area contributed by atoms with Gasteiger partial charge in [0.25, 0.3) is 0 Å². The average molecular weight is 372 g/mol. The molecule has 3 aromatic rings. The first-order valence-electron chi connectivity index (χ1n) is 7.55. The molecule has 1 atom stereocenters. The fourth-order valence-electron chi connectivity index (χ4n) is 3.17. The Hall–Kier alpha value is -1.70. The van der Waals surface area contributed by atoms with Crippen LogP contribution in [-0.4, -0.2) is 6.16 Å². The van der Waals surface area contributed by atoms with Gasteiger partial charge in [-0.2, -0.15) is 0 Å². The van der Waals surface area contributed by atoms with Crippen molar-refractivity contribution in [3.8, 4) is 6.07 Å². The van der Waals surface area contributed by atoms with Gasteiger partial charge in [-0.05, 0) is 0 Å². The summed E-state index contributed by atoms with van der Waals surface area (Å²) in [5.74, 6) is 0. The van der Waals surface area contributed by atoms with Crippen LogP contribution in [0.25, 0.3) is 0 Å². The van der Waals surface area contributed by atoms with E-state index in [0.29, 0.717) is 6.16 Å². The molecule has 4 heteroatoms. The molecule has 0 spiro atoms. The summed E-state index contributed by atoms with van der Waals surface area (Å²) in [7, 11) is 3.15. The Labute approximate surface area is 152 Å². The molecule has 0 aliphatic rings. The molecule has 122 valence electrons. The Kier molecular flexibility index (Phi) is 5.79. The molecule has 1 nitrogen and oxygen atoms in total. The SMILES string of the molecule is Cl.N#CCP(P)(c1ccccc1)(c1ccccc1)c1ccccc1. The summed E-state index contributed by atoms with van der Waals surface area (Å²) in [6, 6.07) is 33.8. The van der Waals surface area contributed by atoms with Gasteiger partial charge in [-0.1, -0.05) is 0 Å². The van der Waals surface area contributed by atoms with Crippen molar-refractivity contribution < 1.29 is 0 Å². The van der Waals surface area contributed by atoms with Gasteiger partial charge in [-0.25, -0.2) is 0 Å². The molecule has 1 unspecified atom stereocenters. The number of hydrogen-bond donors (Lipinski definition) is 0. The summed E-state index contributed by atoms with van der Waals surface area (Å²) in [6.45, 7) is 0. The predicted octanol–water partition coefficient (Wildman–Crippen LogP) is 4.25. The van der Waals surface area contributed by atoms with Crippen LogP contribution in [0.3, 0.4) is 0 Å². The summed E-state index contributed by atoms with van der Waals surface area (Å²) < 4.78 is 0. The zero-order valence-electron chi connectivity index (χ0n) is 13.2. The normalized spacial score (nSPS) is 12.2. The van der Waals surface area contributed by atoms with E-state index in [9.17, 15) is 5.26 Å². The monoisotopic (exact) mass is 371 g/mol. The van der Waals surface area contributed by atoms with Gasteiger partial charge in [0.05, 0.1) is 0 Å². The van der Waals surface area contributed by atoms with Crippen molar-refractivity contribution >= 4 is 43.5 Å². The van der Waals surface area contributed by atoms with E-state index < -0.39 is 6.29 Å². The second kappa shape index (κ2) is 7.46. The van der Waals surface area contributed by atoms with Crippen LogP contribution in [0, 0.1) is 11.3 Å². The summed E-state index contributed by atoms with van der Waals surface area (Å²) in [4.78, 5) is 0. The van der Waals surface area contributed by atoms with Gasteiger partial charge in [0.15, 0.2) is 0 Å². The molecule has 0 saturated carbocycles. The summed E-state index contributed by atoms with van der Waals surface area (Å²) in [5.41, 5.74) is 0. The fourth-order valence-corrected chi connectivity index (χ4v) is 9.26. The molecule has 0 aromatic heterocycles. The van der Waals surface area contributed by atoms with Crippen LogP contribution in [0.2, 0.25) is 0 Å². The predicted molar refractivity (Wildman–Crippen MR) is 113 cm³/mol. The molecule has 0 fully saturated rings. The van der Waals surface area contributed by atoms with Crippen LogP contribution < -0.4 is 15.9 Å². The Morgan fingerprint density at radius 3 is 1.21 bits per heavy atom. The van der Waals surface area contributed by atoms with Crippen LogP contribution in [0.4, 0.5) is 0 Å². The molecule has 24 heavy (non-hydrogen) atoms. The number of nitrogens with zero attached hydrogens (tertiary/aromatic N) is 1. The van der Waals surface area contributed by atoms with Gasteiger partial charge in [-0.15, -0.1) is 12.4 Å². The van der Waals surface area contributed by atoms with E-state index in [1.165, 1.54) is 15.9 Å². The maximum atomic E-state index is 9.72.